The summed E-state index contributed by atoms with van der Waals surface area (Å²) in [5, 5.41) is 12.5. The predicted octanol–water partition coefficient (Wildman–Crippen LogP) is 3.15. The number of anilines is 1. The lowest BCUT2D eigenvalue weighted by atomic mass is 9.97. The highest BCUT2D eigenvalue weighted by Crippen LogP contribution is 2.30. The van der Waals surface area contributed by atoms with Gasteiger partial charge in [0.05, 0.1) is 12.8 Å². The number of nitrogens with zero attached hydrogens (tertiary/aromatic N) is 2. The van der Waals surface area contributed by atoms with Gasteiger partial charge in [0.2, 0.25) is 5.91 Å². The summed E-state index contributed by atoms with van der Waals surface area (Å²) in [6.07, 6.45) is 5.75. The van der Waals surface area contributed by atoms with Gasteiger partial charge in [0.1, 0.15) is 5.65 Å². The maximum absolute atomic E-state index is 11.9. The molecule has 1 aromatic carbocycles. The molecule has 0 saturated heterocycles. The van der Waals surface area contributed by atoms with Crippen LogP contribution in [0.5, 0.6) is 0 Å². The zero-order valence-electron chi connectivity index (χ0n) is 13.5. The molecule has 24 heavy (non-hydrogen) atoms. The number of benzene rings is 1. The van der Waals surface area contributed by atoms with E-state index in [0.29, 0.717) is 5.82 Å². The van der Waals surface area contributed by atoms with Gasteiger partial charge < -0.3 is 14.8 Å². The molecule has 0 spiro atoms. The molecular weight excluding hydrogens is 302 g/mol. The van der Waals surface area contributed by atoms with Gasteiger partial charge in [-0.2, -0.15) is 0 Å². The van der Waals surface area contributed by atoms with Crippen LogP contribution in [-0.2, 0) is 11.4 Å². The molecule has 0 atom stereocenters. The molecule has 0 aliphatic heterocycles. The third-order valence-corrected chi connectivity index (χ3v) is 4.53. The van der Waals surface area contributed by atoms with Crippen LogP contribution in [0.4, 0.5) is 5.82 Å². The maximum Gasteiger partial charge on any atom is 0.228 e. The van der Waals surface area contributed by atoms with E-state index in [-0.39, 0.29) is 18.4 Å². The van der Waals surface area contributed by atoms with Gasteiger partial charge in [0.15, 0.2) is 5.82 Å². The van der Waals surface area contributed by atoms with Crippen molar-refractivity contribution < 1.29 is 9.90 Å². The third kappa shape index (κ3) is 2.67. The number of hydrogen-bond acceptors (Lipinski definition) is 3. The van der Waals surface area contributed by atoms with Crippen LogP contribution in [0.25, 0.3) is 16.8 Å². The Labute approximate surface area is 140 Å². The Morgan fingerprint density at radius 1 is 1.29 bits per heavy atom. The minimum absolute atomic E-state index is 0.00662. The molecule has 122 valence electrons. The number of carbonyl (C=O) groups is 1. The number of aliphatic hydroxyl groups is 1. The largest absolute Gasteiger partial charge is 0.392 e. The molecule has 1 amide bonds. The van der Waals surface area contributed by atoms with E-state index in [1.54, 1.807) is 0 Å². The molecule has 0 radical (unpaired) electrons. The minimum atomic E-state index is 0.00662. The summed E-state index contributed by atoms with van der Waals surface area (Å²) in [4.78, 5) is 16.3. The zero-order chi connectivity index (χ0) is 16.7. The van der Waals surface area contributed by atoms with Crippen LogP contribution in [0, 0.1) is 12.8 Å². The molecule has 0 bridgehead atoms. The second-order valence-electron chi connectivity index (χ2n) is 6.33. The van der Waals surface area contributed by atoms with E-state index in [1.165, 1.54) is 0 Å². The first kappa shape index (κ1) is 14.9. The number of aliphatic hydroxyl groups excluding tert-OH is 1. The topological polar surface area (TPSA) is 66.6 Å². The number of aryl methyl sites for hydroxylation is 1. The highest BCUT2D eigenvalue weighted by Gasteiger charge is 2.29. The third-order valence-electron chi connectivity index (χ3n) is 4.53. The van der Waals surface area contributed by atoms with E-state index >= 15 is 0 Å². The van der Waals surface area contributed by atoms with Gasteiger partial charge in [-0.1, -0.05) is 18.2 Å². The van der Waals surface area contributed by atoms with Crippen molar-refractivity contribution in [1.82, 2.24) is 9.38 Å². The summed E-state index contributed by atoms with van der Waals surface area (Å²) in [6, 6.07) is 9.90. The first-order valence-electron chi connectivity index (χ1n) is 8.15. The molecule has 2 aromatic heterocycles. The number of nitrogens with one attached hydrogen (secondary N) is 1. The molecule has 1 fully saturated rings. The molecule has 2 heterocycles. The average Bonchev–Trinajstić information content (AvgIpc) is 3.35. The summed E-state index contributed by atoms with van der Waals surface area (Å²) in [7, 11) is 0. The molecule has 5 nitrogen and oxygen atoms in total. The quantitative estimate of drug-likeness (QED) is 0.776. The lowest BCUT2D eigenvalue weighted by molar-refractivity contribution is -0.117. The van der Waals surface area contributed by atoms with E-state index in [2.05, 4.69) is 10.3 Å². The fourth-order valence-corrected chi connectivity index (χ4v) is 2.97. The predicted molar refractivity (Wildman–Crippen MR) is 92.6 cm³/mol. The number of rotatable bonds is 4. The molecule has 1 aliphatic rings. The Bertz CT molecular complexity index is 926. The Hall–Kier alpha value is -2.66. The monoisotopic (exact) mass is 321 g/mol. The van der Waals surface area contributed by atoms with Gasteiger partial charge in [-0.3, -0.25) is 4.79 Å². The number of amides is 1. The zero-order valence-corrected chi connectivity index (χ0v) is 13.5. The number of aromatic nitrogens is 2. The molecule has 1 aliphatic carbocycles. The summed E-state index contributed by atoms with van der Waals surface area (Å²) in [6.45, 7) is 2.00. The molecule has 4 rings (SSSR count). The summed E-state index contributed by atoms with van der Waals surface area (Å²) in [5.74, 6) is 0.792. The van der Waals surface area contributed by atoms with Crippen LogP contribution in [0.1, 0.15) is 24.0 Å². The first-order valence-corrected chi connectivity index (χ1v) is 8.15. The lowest BCUT2D eigenvalue weighted by Gasteiger charge is -2.10. The van der Waals surface area contributed by atoms with Crippen LogP contribution in [0.2, 0.25) is 0 Å². The van der Waals surface area contributed by atoms with E-state index in [4.69, 9.17) is 0 Å². The SMILES string of the molecule is Cc1cccc(-c2ccc3nc(NC(=O)C4CC4)cn3c2)c1CO. The number of carbonyl (C=O) groups excluding carboxylic acids is 1. The van der Waals surface area contributed by atoms with Gasteiger partial charge in [-0.05, 0) is 54.2 Å². The molecule has 2 N–H and O–H groups in total. The fraction of sp³-hybridized carbons (Fsp3) is 0.263. The normalized spacial score (nSPS) is 14.1. The Kier molecular flexibility index (Phi) is 3.58. The van der Waals surface area contributed by atoms with Crippen molar-refractivity contribution in [2.24, 2.45) is 5.92 Å². The highest BCUT2D eigenvalue weighted by atomic mass is 16.3. The van der Waals surface area contributed by atoms with Gasteiger partial charge in [0, 0.05) is 12.1 Å². The van der Waals surface area contributed by atoms with Gasteiger partial charge in [0.25, 0.3) is 0 Å². The van der Waals surface area contributed by atoms with E-state index in [0.717, 1.165) is 40.7 Å². The fourth-order valence-electron chi connectivity index (χ4n) is 2.97. The van der Waals surface area contributed by atoms with Crippen LogP contribution < -0.4 is 5.32 Å². The molecule has 0 unspecified atom stereocenters. The summed E-state index contributed by atoms with van der Waals surface area (Å²) in [5.41, 5.74) is 4.80. The smallest absolute Gasteiger partial charge is 0.228 e. The van der Waals surface area contributed by atoms with Crippen molar-refractivity contribution in [3.05, 3.63) is 53.9 Å². The van der Waals surface area contributed by atoms with Crippen LogP contribution >= 0.6 is 0 Å². The standard InChI is InChI=1S/C19H19N3O2/c1-12-3-2-4-15(16(12)11-23)14-7-8-18-20-17(10-22(18)9-14)21-19(24)13-5-6-13/h2-4,7-10,13,23H,5-6,11H2,1H3,(H,21,24). The Morgan fingerprint density at radius 3 is 2.88 bits per heavy atom. The van der Waals surface area contributed by atoms with E-state index < -0.39 is 0 Å². The lowest BCUT2D eigenvalue weighted by Crippen LogP contribution is -2.13. The number of hydrogen-bond donors (Lipinski definition) is 2. The van der Waals surface area contributed by atoms with Crippen LogP contribution in [-0.4, -0.2) is 20.4 Å². The van der Waals surface area contributed by atoms with Gasteiger partial charge in [-0.15, -0.1) is 0 Å². The van der Waals surface area contributed by atoms with Crippen molar-refractivity contribution in [1.29, 1.82) is 0 Å². The Balaban J connectivity index is 1.70. The molecule has 1 saturated carbocycles. The Morgan fingerprint density at radius 2 is 2.12 bits per heavy atom. The van der Waals surface area contributed by atoms with Crippen molar-refractivity contribution in [2.75, 3.05) is 5.32 Å². The van der Waals surface area contributed by atoms with Crippen molar-refractivity contribution >= 4 is 17.4 Å². The van der Waals surface area contributed by atoms with E-state index in [9.17, 15) is 9.90 Å². The molecule has 5 heteroatoms. The first-order chi connectivity index (χ1) is 11.7. The molecule has 3 aromatic rings. The van der Waals surface area contributed by atoms with Gasteiger partial charge in [-0.25, -0.2) is 4.98 Å². The van der Waals surface area contributed by atoms with Crippen molar-refractivity contribution in [3.63, 3.8) is 0 Å². The minimum Gasteiger partial charge on any atom is -0.392 e. The van der Waals surface area contributed by atoms with E-state index in [1.807, 2.05) is 54.0 Å². The second kappa shape index (κ2) is 5.76. The van der Waals surface area contributed by atoms with Crippen LogP contribution in [0.15, 0.2) is 42.7 Å². The van der Waals surface area contributed by atoms with Crippen molar-refractivity contribution in [3.8, 4) is 11.1 Å². The summed E-state index contributed by atoms with van der Waals surface area (Å²) < 4.78 is 1.90. The number of fused-ring (bicyclic) bond motifs is 1. The summed E-state index contributed by atoms with van der Waals surface area (Å²) >= 11 is 0. The maximum atomic E-state index is 11.9. The van der Waals surface area contributed by atoms with Crippen molar-refractivity contribution in [2.45, 2.75) is 26.4 Å². The highest BCUT2D eigenvalue weighted by molar-refractivity contribution is 5.93. The number of imidazole rings is 1. The second-order valence-corrected chi connectivity index (χ2v) is 6.33. The van der Waals surface area contributed by atoms with Gasteiger partial charge >= 0.3 is 0 Å². The molecular formula is C19H19N3O2. The average molecular weight is 321 g/mol. The number of pyridine rings is 1. The van der Waals surface area contributed by atoms with Crippen LogP contribution in [0.3, 0.4) is 0 Å².